The zero-order valence-electron chi connectivity index (χ0n) is 23.3. The number of hydrogen-bond donors (Lipinski definition) is 0. The maximum absolute atomic E-state index is 13.8. The average Bonchev–Trinajstić information content (AvgIpc) is 3.82. The number of ether oxygens (including phenoxy) is 3. The van der Waals surface area contributed by atoms with Crippen LogP contribution in [0.5, 0.6) is 11.5 Å². The number of carbonyl (C=O) groups excluding carboxylic acids is 1. The summed E-state index contributed by atoms with van der Waals surface area (Å²) in [5.41, 5.74) is 0.615. The first-order valence-electron chi connectivity index (χ1n) is 13.9. The summed E-state index contributed by atoms with van der Waals surface area (Å²) < 4.78 is 71.3. The van der Waals surface area contributed by atoms with E-state index < -0.39 is 34.7 Å². The van der Waals surface area contributed by atoms with E-state index in [1.54, 1.807) is 0 Å². The fraction of sp³-hybridized carbons (Fsp3) is 0.414. The fourth-order valence-corrected chi connectivity index (χ4v) is 7.15. The van der Waals surface area contributed by atoms with Gasteiger partial charge in [-0.2, -0.15) is 17.8 Å². The van der Waals surface area contributed by atoms with Crippen molar-refractivity contribution in [3.8, 4) is 11.5 Å². The Balaban J connectivity index is 1.49. The number of pyridine rings is 2. The van der Waals surface area contributed by atoms with Gasteiger partial charge in [-0.15, -0.1) is 0 Å². The van der Waals surface area contributed by atoms with Gasteiger partial charge >= 0.3 is 12.6 Å². The molecule has 1 aliphatic heterocycles. The number of hydrogen-bond acceptors (Lipinski definition) is 8. The molecule has 2 aliphatic rings. The molecule has 1 aliphatic carbocycles. The molecule has 1 saturated heterocycles. The van der Waals surface area contributed by atoms with Crippen molar-refractivity contribution >= 4 is 39.2 Å². The van der Waals surface area contributed by atoms with E-state index in [9.17, 15) is 27.2 Å². The third-order valence-corrected chi connectivity index (χ3v) is 9.94. The van der Waals surface area contributed by atoms with Gasteiger partial charge in [0.15, 0.2) is 23.9 Å². The second-order valence-corrected chi connectivity index (χ2v) is 13.3. The highest BCUT2D eigenvalue weighted by molar-refractivity contribution is 7.89. The smallest absolute Gasteiger partial charge is 0.387 e. The van der Waals surface area contributed by atoms with Gasteiger partial charge in [-0.25, -0.2) is 8.42 Å². The Bertz CT molecular complexity index is 1570. The molecule has 236 valence electrons. The quantitative estimate of drug-likeness (QED) is 0.141. The molecule has 44 heavy (non-hydrogen) atoms. The van der Waals surface area contributed by atoms with Crippen LogP contribution in [0.4, 0.5) is 8.78 Å². The minimum Gasteiger partial charge on any atom is -0.619 e. The highest BCUT2D eigenvalue weighted by atomic mass is 35.5. The second-order valence-electron chi connectivity index (χ2n) is 10.6. The topological polar surface area (TPSA) is 122 Å². The molecule has 3 aromatic rings. The summed E-state index contributed by atoms with van der Waals surface area (Å²) in [5.74, 6) is -0.695. The van der Waals surface area contributed by atoms with Crippen molar-refractivity contribution in [2.24, 2.45) is 5.92 Å². The number of benzene rings is 1. The third kappa shape index (κ3) is 7.68. The third-order valence-electron chi connectivity index (χ3n) is 7.40. The van der Waals surface area contributed by atoms with Crippen LogP contribution in [0.15, 0.2) is 60.0 Å². The van der Waals surface area contributed by atoms with Crippen molar-refractivity contribution in [1.82, 2.24) is 9.29 Å². The van der Waals surface area contributed by atoms with Gasteiger partial charge in [-0.3, -0.25) is 9.78 Å². The van der Waals surface area contributed by atoms with E-state index in [1.165, 1.54) is 42.7 Å². The first-order chi connectivity index (χ1) is 21.0. The first kappa shape index (κ1) is 32.1. The lowest BCUT2D eigenvalue weighted by Gasteiger charge is -2.34. The number of piperidine rings is 1. The van der Waals surface area contributed by atoms with Crippen LogP contribution in [-0.2, 0) is 26.0 Å². The Hall–Kier alpha value is -3.26. The predicted molar refractivity (Wildman–Crippen MR) is 155 cm³/mol. The van der Waals surface area contributed by atoms with Crippen molar-refractivity contribution < 1.29 is 40.9 Å². The van der Waals surface area contributed by atoms with Crippen molar-refractivity contribution in [3.63, 3.8) is 0 Å². The molecule has 3 heterocycles. The molecule has 0 bridgehead atoms. The first-order valence-corrected chi connectivity index (χ1v) is 16.1. The Morgan fingerprint density at radius 2 is 1.86 bits per heavy atom. The van der Waals surface area contributed by atoms with Gasteiger partial charge in [0.2, 0.25) is 10.0 Å². The molecule has 1 aromatic carbocycles. The molecular formula is C29H29Cl2F2N3O7S. The van der Waals surface area contributed by atoms with Gasteiger partial charge in [-0.1, -0.05) is 29.3 Å². The number of nitrogens with zero attached hydrogens (tertiary/aromatic N) is 3. The number of alkyl halides is 2. The normalized spacial score (nSPS) is 18.2. The second kappa shape index (κ2) is 13.8. The van der Waals surface area contributed by atoms with E-state index in [2.05, 4.69) is 9.72 Å². The van der Waals surface area contributed by atoms with Gasteiger partial charge < -0.3 is 19.4 Å². The fourth-order valence-electron chi connectivity index (χ4n) is 4.94. The lowest BCUT2D eigenvalue weighted by Crippen LogP contribution is -2.48. The molecule has 0 radical (unpaired) electrons. The maximum Gasteiger partial charge on any atom is 0.387 e. The SMILES string of the molecule is O=C(OC(Cc1c(Cl)c[n+]([O-])cc1Cl)c1ccc(OC(F)F)c(OCC2CC2)c1)C1CCCCN1S(=O)(=O)c1cccnc1. The summed E-state index contributed by atoms with van der Waals surface area (Å²) in [5, 5.41) is 11.9. The molecule has 2 unspecified atom stereocenters. The number of carbonyl (C=O) groups is 1. The molecular weight excluding hydrogens is 643 g/mol. The zero-order chi connectivity index (χ0) is 31.4. The molecule has 2 aromatic heterocycles. The van der Waals surface area contributed by atoms with Crippen LogP contribution in [0.1, 0.15) is 49.3 Å². The molecule has 1 saturated carbocycles. The zero-order valence-corrected chi connectivity index (χ0v) is 25.6. The minimum atomic E-state index is -4.08. The summed E-state index contributed by atoms with van der Waals surface area (Å²) in [6, 6.07) is 5.89. The van der Waals surface area contributed by atoms with Crippen LogP contribution < -0.4 is 14.2 Å². The summed E-state index contributed by atoms with van der Waals surface area (Å²) >= 11 is 12.7. The maximum atomic E-state index is 13.8. The van der Waals surface area contributed by atoms with Crippen molar-refractivity contribution in [2.45, 2.75) is 62.2 Å². The monoisotopic (exact) mass is 671 g/mol. The van der Waals surface area contributed by atoms with E-state index >= 15 is 0 Å². The Labute approximate surface area is 263 Å². The number of rotatable bonds is 12. The van der Waals surface area contributed by atoms with Gasteiger partial charge in [0.05, 0.1) is 6.61 Å². The Kier molecular flexibility index (Phi) is 10.1. The van der Waals surface area contributed by atoms with Crippen LogP contribution in [0.2, 0.25) is 10.0 Å². The molecule has 15 heteroatoms. The van der Waals surface area contributed by atoms with Crippen LogP contribution in [0.25, 0.3) is 0 Å². The summed E-state index contributed by atoms with van der Waals surface area (Å²) in [6.45, 7) is -2.71. The van der Waals surface area contributed by atoms with E-state index in [0.29, 0.717) is 29.1 Å². The van der Waals surface area contributed by atoms with E-state index in [-0.39, 0.29) is 58.0 Å². The van der Waals surface area contributed by atoms with Gasteiger partial charge in [0.1, 0.15) is 27.1 Å². The van der Waals surface area contributed by atoms with Crippen molar-refractivity contribution in [3.05, 3.63) is 81.5 Å². The van der Waals surface area contributed by atoms with Crippen LogP contribution in [0, 0.1) is 11.1 Å². The summed E-state index contributed by atoms with van der Waals surface area (Å²) in [6.07, 6.45) is 6.84. The standard InChI is InChI=1S/C29H29Cl2F2N3O7S/c30-22-15-35(38)16-23(31)21(22)13-26(19-8-9-25(43-29(32)33)27(12-19)41-17-18-6-7-18)42-28(37)24-5-1-2-11-36(24)44(39,40)20-4-3-10-34-14-20/h3-4,8-10,12,14-16,18,24,26,29H,1-2,5-7,11,13,17H2. The van der Waals surface area contributed by atoms with Gasteiger partial charge in [-0.05, 0) is 67.9 Å². The molecule has 0 amide bonds. The van der Waals surface area contributed by atoms with Crippen LogP contribution in [-0.4, -0.2) is 49.5 Å². The van der Waals surface area contributed by atoms with Crippen LogP contribution >= 0.6 is 23.2 Å². The highest BCUT2D eigenvalue weighted by Gasteiger charge is 2.40. The van der Waals surface area contributed by atoms with E-state index in [1.807, 2.05) is 0 Å². The Morgan fingerprint density at radius 1 is 1.11 bits per heavy atom. The summed E-state index contributed by atoms with van der Waals surface area (Å²) in [7, 11) is -4.08. The lowest BCUT2D eigenvalue weighted by atomic mass is 10.0. The van der Waals surface area contributed by atoms with Crippen LogP contribution in [0.3, 0.4) is 0 Å². The molecule has 5 rings (SSSR count). The van der Waals surface area contributed by atoms with Gasteiger partial charge in [0.25, 0.3) is 0 Å². The Morgan fingerprint density at radius 3 is 2.52 bits per heavy atom. The van der Waals surface area contributed by atoms with E-state index in [4.69, 9.17) is 32.7 Å². The van der Waals surface area contributed by atoms with Gasteiger partial charge in [0, 0.05) is 30.9 Å². The summed E-state index contributed by atoms with van der Waals surface area (Å²) in [4.78, 5) is 17.6. The van der Waals surface area contributed by atoms with E-state index in [0.717, 1.165) is 29.5 Å². The number of halogens is 4. The molecule has 2 atom stereocenters. The predicted octanol–water partition coefficient (Wildman–Crippen LogP) is 5.48. The molecule has 0 spiro atoms. The van der Waals surface area contributed by atoms with Crippen molar-refractivity contribution in [2.75, 3.05) is 13.2 Å². The molecule has 2 fully saturated rings. The molecule has 10 nitrogen and oxygen atoms in total. The largest absolute Gasteiger partial charge is 0.619 e. The lowest BCUT2D eigenvalue weighted by molar-refractivity contribution is -0.605. The van der Waals surface area contributed by atoms with Crippen molar-refractivity contribution in [1.29, 1.82) is 0 Å². The minimum absolute atomic E-state index is 0.00913. The molecule has 0 N–H and O–H groups in total. The number of aromatic nitrogens is 2. The average molecular weight is 673 g/mol. The highest BCUT2D eigenvalue weighted by Crippen LogP contribution is 2.38. The number of sulfonamides is 1. The number of esters is 1.